The fourth-order valence-corrected chi connectivity index (χ4v) is 4.03. The minimum absolute atomic E-state index is 0. The van der Waals surface area contributed by atoms with E-state index in [4.69, 9.17) is 0 Å². The molecule has 2 aromatic rings. The largest absolute Gasteiger partial charge is 2.00 e. The number of benzene rings is 2. The van der Waals surface area contributed by atoms with E-state index in [0.717, 1.165) is 11.1 Å². The Kier molecular flexibility index (Phi) is 11.4. The summed E-state index contributed by atoms with van der Waals surface area (Å²) in [5, 5.41) is 19.1. The first kappa shape index (κ1) is 25.2. The van der Waals surface area contributed by atoms with Crippen molar-refractivity contribution in [3.63, 3.8) is 0 Å². The van der Waals surface area contributed by atoms with Gasteiger partial charge in [0.1, 0.15) is 11.5 Å². The van der Waals surface area contributed by atoms with Crippen molar-refractivity contribution in [1.29, 1.82) is 0 Å². The summed E-state index contributed by atoms with van der Waals surface area (Å²) < 4.78 is 0. The third-order valence-electron chi connectivity index (χ3n) is 5.87. The van der Waals surface area contributed by atoms with E-state index >= 15 is 0 Å². The molecule has 2 aliphatic carbocycles. The molecule has 0 atom stereocenters. The smallest absolute Gasteiger partial charge is 0.507 e. The number of phenols is 2. The van der Waals surface area contributed by atoms with Gasteiger partial charge in [0.15, 0.2) is 0 Å². The summed E-state index contributed by atoms with van der Waals surface area (Å²) >= 11 is 0. The van der Waals surface area contributed by atoms with Crippen LogP contribution < -0.4 is 0 Å². The number of hydrogen-bond acceptors (Lipinski definition) is 4. The Bertz CT molecular complexity index is 756. The molecule has 2 fully saturated rings. The number of nitrogens with zero attached hydrogens (tertiary/aromatic N) is 2. The number of hydrogen-bond donors (Lipinski definition) is 2. The molecule has 0 heterocycles. The number of rotatable bonds is 4. The van der Waals surface area contributed by atoms with E-state index in [1.54, 1.807) is 12.1 Å². The second kappa shape index (κ2) is 14.1. The first-order valence-corrected chi connectivity index (χ1v) is 11.3. The van der Waals surface area contributed by atoms with Crippen molar-refractivity contribution in [2.45, 2.75) is 76.3 Å². The molecule has 0 aromatic heterocycles. The average molecular weight is 470 g/mol. The van der Waals surface area contributed by atoms with Gasteiger partial charge in [0.05, 0.1) is 0 Å². The van der Waals surface area contributed by atoms with E-state index in [2.05, 4.69) is 9.98 Å². The van der Waals surface area contributed by atoms with Crippen molar-refractivity contribution in [3.05, 3.63) is 59.7 Å². The maximum atomic E-state index is 9.55. The van der Waals surface area contributed by atoms with Crippen LogP contribution in [0.1, 0.15) is 75.3 Å². The second-order valence-corrected chi connectivity index (χ2v) is 8.26. The Morgan fingerprint density at radius 2 is 0.935 bits per heavy atom. The standard InChI is InChI=1S/2C13H17NO.Cu/c2*15-13-9-5-4-6-11(13)10-14-12-7-2-1-3-8-12;/h2*4-6,9-10,12,15H,1-3,7-8H2;/q;;+2. The molecular formula is C26H34CuN2O2+2. The third-order valence-corrected chi connectivity index (χ3v) is 5.87. The van der Waals surface area contributed by atoms with Crippen LogP contribution in [0.2, 0.25) is 0 Å². The molecular weight excluding hydrogens is 436 g/mol. The van der Waals surface area contributed by atoms with Gasteiger partial charge in [0, 0.05) is 35.6 Å². The van der Waals surface area contributed by atoms with E-state index < -0.39 is 0 Å². The summed E-state index contributed by atoms with van der Waals surface area (Å²) in [7, 11) is 0. The molecule has 31 heavy (non-hydrogen) atoms. The predicted octanol–water partition coefficient (Wildman–Crippen LogP) is 6.29. The van der Waals surface area contributed by atoms with E-state index in [9.17, 15) is 10.2 Å². The monoisotopic (exact) mass is 469 g/mol. The number of para-hydroxylation sites is 2. The first-order valence-electron chi connectivity index (χ1n) is 11.3. The van der Waals surface area contributed by atoms with Gasteiger partial charge in [-0.2, -0.15) is 0 Å². The summed E-state index contributed by atoms with van der Waals surface area (Å²) in [5.41, 5.74) is 1.64. The van der Waals surface area contributed by atoms with Crippen molar-refractivity contribution >= 4 is 12.4 Å². The van der Waals surface area contributed by atoms with E-state index in [1.807, 2.05) is 48.8 Å². The van der Waals surface area contributed by atoms with Crippen LogP contribution in [-0.2, 0) is 17.1 Å². The zero-order valence-electron chi connectivity index (χ0n) is 18.1. The molecule has 4 rings (SSSR count). The third kappa shape index (κ3) is 8.88. The summed E-state index contributed by atoms with van der Waals surface area (Å²) in [4.78, 5) is 9.06. The number of aliphatic imine (C=N–C) groups is 2. The molecule has 0 aliphatic heterocycles. The number of phenolic OH excluding ortho intramolecular Hbond substituents is 2. The normalized spacial score (nSPS) is 17.8. The van der Waals surface area contributed by atoms with Gasteiger partial charge in [-0.3, -0.25) is 9.98 Å². The fourth-order valence-electron chi connectivity index (χ4n) is 4.03. The summed E-state index contributed by atoms with van der Waals surface area (Å²) in [6, 6.07) is 15.6. The van der Waals surface area contributed by atoms with E-state index in [0.29, 0.717) is 23.6 Å². The zero-order chi connectivity index (χ0) is 21.0. The van der Waals surface area contributed by atoms with Crippen LogP contribution in [0.4, 0.5) is 0 Å². The Labute approximate surface area is 197 Å². The van der Waals surface area contributed by atoms with Gasteiger partial charge in [0.25, 0.3) is 0 Å². The van der Waals surface area contributed by atoms with Gasteiger partial charge in [-0.15, -0.1) is 0 Å². The van der Waals surface area contributed by atoms with E-state index in [1.165, 1.54) is 64.2 Å². The van der Waals surface area contributed by atoms with Crippen molar-refractivity contribution in [2.24, 2.45) is 9.98 Å². The van der Waals surface area contributed by atoms with Gasteiger partial charge in [-0.25, -0.2) is 0 Å². The molecule has 2 aromatic carbocycles. The van der Waals surface area contributed by atoms with Crippen LogP contribution in [0.25, 0.3) is 0 Å². The summed E-state index contributed by atoms with van der Waals surface area (Å²) in [6.45, 7) is 0. The molecule has 2 aliphatic rings. The molecule has 1 radical (unpaired) electrons. The quantitative estimate of drug-likeness (QED) is 0.408. The van der Waals surface area contributed by atoms with Gasteiger partial charge in [0.2, 0.25) is 0 Å². The molecule has 0 amide bonds. The van der Waals surface area contributed by atoms with Crippen molar-refractivity contribution < 1.29 is 27.3 Å². The van der Waals surface area contributed by atoms with Crippen molar-refractivity contribution in [3.8, 4) is 11.5 Å². The molecule has 5 heteroatoms. The average Bonchev–Trinajstić information content (AvgIpc) is 2.80. The Balaban J connectivity index is 0.000000213. The molecule has 2 N–H and O–H groups in total. The van der Waals surface area contributed by atoms with Crippen LogP contribution in [0.5, 0.6) is 11.5 Å². The molecule has 0 saturated heterocycles. The summed E-state index contributed by atoms with van der Waals surface area (Å²) in [6.07, 6.45) is 16.3. The Morgan fingerprint density at radius 3 is 1.29 bits per heavy atom. The van der Waals surface area contributed by atoms with Gasteiger partial charge in [-0.05, 0) is 49.9 Å². The van der Waals surface area contributed by atoms with Gasteiger partial charge in [-0.1, -0.05) is 62.8 Å². The Morgan fingerprint density at radius 1 is 0.581 bits per heavy atom. The maximum Gasteiger partial charge on any atom is 2.00 e. The van der Waals surface area contributed by atoms with Gasteiger partial charge < -0.3 is 10.2 Å². The minimum Gasteiger partial charge on any atom is -0.507 e. The topological polar surface area (TPSA) is 65.2 Å². The molecule has 0 unspecified atom stereocenters. The molecule has 0 bridgehead atoms. The molecule has 2 saturated carbocycles. The van der Waals surface area contributed by atoms with Crippen LogP contribution in [0, 0.1) is 0 Å². The van der Waals surface area contributed by atoms with Gasteiger partial charge >= 0.3 is 17.1 Å². The SMILES string of the molecule is Oc1ccccc1C=NC1CCCCC1.Oc1ccccc1C=NC1CCCCC1.[Cu+2]. The van der Waals surface area contributed by atoms with Crippen molar-refractivity contribution in [2.75, 3.05) is 0 Å². The van der Waals surface area contributed by atoms with E-state index in [-0.39, 0.29) is 17.1 Å². The first-order chi connectivity index (χ1) is 14.7. The van der Waals surface area contributed by atoms with Crippen LogP contribution in [-0.4, -0.2) is 34.7 Å². The zero-order valence-corrected chi connectivity index (χ0v) is 19.0. The van der Waals surface area contributed by atoms with Crippen LogP contribution in [0.15, 0.2) is 58.5 Å². The van der Waals surface area contributed by atoms with Crippen LogP contribution in [0.3, 0.4) is 0 Å². The fraction of sp³-hybridized carbons (Fsp3) is 0.462. The minimum atomic E-state index is 0. The predicted molar refractivity (Wildman–Crippen MR) is 125 cm³/mol. The maximum absolute atomic E-state index is 9.55. The van der Waals surface area contributed by atoms with Crippen LogP contribution >= 0.6 is 0 Å². The second-order valence-electron chi connectivity index (χ2n) is 8.26. The molecule has 4 nitrogen and oxygen atoms in total. The molecule has 0 spiro atoms. The number of aromatic hydroxyl groups is 2. The summed E-state index contributed by atoms with van der Waals surface area (Å²) in [5.74, 6) is 0.633. The van der Waals surface area contributed by atoms with Crippen molar-refractivity contribution in [1.82, 2.24) is 0 Å². The Hall–Kier alpha value is -2.10. The molecule has 169 valence electrons.